The molecule has 0 saturated heterocycles. The van der Waals surface area contributed by atoms with Crippen LogP contribution in [0.3, 0.4) is 0 Å². The van der Waals surface area contributed by atoms with Crippen LogP contribution in [0.4, 0.5) is 5.69 Å². The molecule has 0 atom stereocenters. The number of carbonyl (C=O) groups is 1. The van der Waals surface area contributed by atoms with Gasteiger partial charge in [-0.25, -0.2) is 4.98 Å². The summed E-state index contributed by atoms with van der Waals surface area (Å²) in [6.45, 7) is 1.82. The van der Waals surface area contributed by atoms with Crippen molar-refractivity contribution in [3.05, 3.63) is 64.7 Å². The van der Waals surface area contributed by atoms with E-state index in [0.717, 1.165) is 0 Å². The second-order valence-electron chi connectivity index (χ2n) is 5.57. The lowest BCUT2D eigenvalue weighted by Crippen LogP contribution is -2.31. The van der Waals surface area contributed by atoms with Crippen molar-refractivity contribution < 1.29 is 9.53 Å². The Kier molecular flexibility index (Phi) is 4.79. The van der Waals surface area contributed by atoms with Gasteiger partial charge in [-0.3, -0.25) is 14.2 Å². The maximum absolute atomic E-state index is 12.7. The molecule has 0 bridgehead atoms. The van der Waals surface area contributed by atoms with E-state index in [4.69, 9.17) is 4.74 Å². The van der Waals surface area contributed by atoms with Crippen LogP contribution in [0.1, 0.15) is 12.7 Å². The molecule has 3 aromatic rings. The maximum atomic E-state index is 12.7. The highest BCUT2D eigenvalue weighted by molar-refractivity contribution is 5.91. The van der Waals surface area contributed by atoms with Crippen molar-refractivity contribution in [1.29, 1.82) is 0 Å². The Hall–Kier alpha value is -3.15. The lowest BCUT2D eigenvalue weighted by atomic mass is 10.2. The molecule has 6 heteroatoms. The SMILES string of the molecule is CCc1nc2ccccc2c(=O)n1CC(=O)Nc1cccc(OC)c1. The van der Waals surface area contributed by atoms with Gasteiger partial charge in [-0.05, 0) is 24.3 Å². The first-order chi connectivity index (χ1) is 12.1. The number of rotatable bonds is 5. The first-order valence-corrected chi connectivity index (χ1v) is 8.04. The van der Waals surface area contributed by atoms with Gasteiger partial charge < -0.3 is 10.1 Å². The van der Waals surface area contributed by atoms with E-state index in [0.29, 0.717) is 34.6 Å². The molecule has 6 nitrogen and oxygen atoms in total. The molecule has 0 fully saturated rings. The zero-order valence-corrected chi connectivity index (χ0v) is 14.2. The van der Waals surface area contributed by atoms with Crippen LogP contribution < -0.4 is 15.6 Å². The average Bonchev–Trinajstić information content (AvgIpc) is 2.64. The number of nitrogens with one attached hydrogen (secondary N) is 1. The highest BCUT2D eigenvalue weighted by atomic mass is 16.5. The van der Waals surface area contributed by atoms with E-state index in [1.165, 1.54) is 4.57 Å². The van der Waals surface area contributed by atoms with E-state index in [1.54, 1.807) is 49.6 Å². The zero-order valence-electron chi connectivity index (χ0n) is 14.2. The predicted molar refractivity (Wildman–Crippen MR) is 97.0 cm³/mol. The van der Waals surface area contributed by atoms with Crippen molar-refractivity contribution in [1.82, 2.24) is 9.55 Å². The first kappa shape index (κ1) is 16.7. The van der Waals surface area contributed by atoms with Gasteiger partial charge in [0, 0.05) is 18.2 Å². The van der Waals surface area contributed by atoms with E-state index in [1.807, 2.05) is 13.0 Å². The highest BCUT2D eigenvalue weighted by Gasteiger charge is 2.13. The van der Waals surface area contributed by atoms with Crippen LogP contribution in [-0.4, -0.2) is 22.6 Å². The average molecular weight is 337 g/mol. The van der Waals surface area contributed by atoms with Crippen molar-refractivity contribution >= 4 is 22.5 Å². The second kappa shape index (κ2) is 7.17. The zero-order chi connectivity index (χ0) is 17.8. The number of aromatic nitrogens is 2. The molecule has 0 radical (unpaired) electrons. The molecule has 1 aromatic heterocycles. The summed E-state index contributed by atoms with van der Waals surface area (Å²) in [5, 5.41) is 3.29. The van der Waals surface area contributed by atoms with Gasteiger partial charge in [-0.2, -0.15) is 0 Å². The van der Waals surface area contributed by atoms with Crippen LogP contribution in [0.25, 0.3) is 10.9 Å². The van der Waals surface area contributed by atoms with E-state index >= 15 is 0 Å². The largest absolute Gasteiger partial charge is 0.497 e. The molecule has 1 amide bonds. The van der Waals surface area contributed by atoms with Gasteiger partial charge in [0.25, 0.3) is 5.56 Å². The monoisotopic (exact) mass is 337 g/mol. The Morgan fingerprint density at radius 3 is 2.76 bits per heavy atom. The smallest absolute Gasteiger partial charge is 0.261 e. The van der Waals surface area contributed by atoms with E-state index in [-0.39, 0.29) is 18.0 Å². The Bertz CT molecular complexity index is 979. The summed E-state index contributed by atoms with van der Waals surface area (Å²) < 4.78 is 6.57. The maximum Gasteiger partial charge on any atom is 0.261 e. The Morgan fingerprint density at radius 2 is 2.00 bits per heavy atom. The van der Waals surface area contributed by atoms with Gasteiger partial charge in [0.1, 0.15) is 18.1 Å². The summed E-state index contributed by atoms with van der Waals surface area (Å²) in [6.07, 6.45) is 0.562. The quantitative estimate of drug-likeness (QED) is 0.777. The number of carbonyl (C=O) groups excluding carboxylic acids is 1. The fraction of sp³-hybridized carbons (Fsp3) is 0.211. The van der Waals surface area contributed by atoms with Crippen molar-refractivity contribution in [3.63, 3.8) is 0 Å². The predicted octanol–water partition coefficient (Wildman–Crippen LogP) is 2.61. The highest BCUT2D eigenvalue weighted by Crippen LogP contribution is 2.16. The van der Waals surface area contributed by atoms with Gasteiger partial charge in [0.15, 0.2) is 0 Å². The number of nitrogens with zero attached hydrogens (tertiary/aromatic N) is 2. The number of benzene rings is 2. The number of hydrogen-bond acceptors (Lipinski definition) is 4. The number of hydrogen-bond donors (Lipinski definition) is 1. The van der Waals surface area contributed by atoms with Crippen LogP contribution >= 0.6 is 0 Å². The van der Waals surface area contributed by atoms with Crippen molar-refractivity contribution in [2.75, 3.05) is 12.4 Å². The summed E-state index contributed by atoms with van der Waals surface area (Å²) in [5.74, 6) is 0.947. The van der Waals surface area contributed by atoms with E-state index < -0.39 is 0 Å². The summed E-state index contributed by atoms with van der Waals surface area (Å²) >= 11 is 0. The summed E-state index contributed by atoms with van der Waals surface area (Å²) in [6, 6.07) is 14.2. The molecule has 0 spiro atoms. The molecule has 0 saturated carbocycles. The number of fused-ring (bicyclic) bond motifs is 1. The molecule has 1 N–H and O–H groups in total. The van der Waals surface area contributed by atoms with Crippen molar-refractivity contribution in [2.45, 2.75) is 19.9 Å². The number of methoxy groups -OCH3 is 1. The molecule has 3 rings (SSSR count). The Labute approximate surface area is 145 Å². The summed E-state index contributed by atoms with van der Waals surface area (Å²) in [7, 11) is 1.56. The molecule has 0 aliphatic carbocycles. The molecule has 0 aliphatic rings. The van der Waals surface area contributed by atoms with Crippen LogP contribution in [-0.2, 0) is 17.8 Å². The number of anilines is 1. The molecule has 0 aliphatic heterocycles. The van der Waals surface area contributed by atoms with Gasteiger partial charge in [-0.15, -0.1) is 0 Å². The third-order valence-corrected chi connectivity index (χ3v) is 3.91. The Balaban J connectivity index is 1.90. The third-order valence-electron chi connectivity index (χ3n) is 3.91. The minimum absolute atomic E-state index is 0.0863. The normalized spacial score (nSPS) is 10.6. The van der Waals surface area contributed by atoms with Crippen LogP contribution in [0.5, 0.6) is 5.75 Å². The lowest BCUT2D eigenvalue weighted by Gasteiger charge is -2.13. The van der Waals surface area contributed by atoms with Gasteiger partial charge in [0.05, 0.1) is 18.0 Å². The lowest BCUT2D eigenvalue weighted by molar-refractivity contribution is -0.116. The molecule has 0 unspecified atom stereocenters. The summed E-state index contributed by atoms with van der Waals surface area (Å²) in [5.41, 5.74) is 1.06. The fourth-order valence-corrected chi connectivity index (χ4v) is 2.69. The standard InChI is InChI=1S/C19H19N3O3/c1-3-17-21-16-10-5-4-9-15(16)19(24)22(17)12-18(23)20-13-7-6-8-14(11-13)25-2/h4-11H,3,12H2,1-2H3,(H,20,23). The molecule has 1 heterocycles. The number of ether oxygens (including phenoxy) is 1. The minimum Gasteiger partial charge on any atom is -0.497 e. The third kappa shape index (κ3) is 3.52. The van der Waals surface area contributed by atoms with Crippen LogP contribution in [0.15, 0.2) is 53.3 Å². The fourth-order valence-electron chi connectivity index (χ4n) is 2.69. The minimum atomic E-state index is -0.290. The Morgan fingerprint density at radius 1 is 1.20 bits per heavy atom. The molecule has 25 heavy (non-hydrogen) atoms. The van der Waals surface area contributed by atoms with E-state index in [2.05, 4.69) is 10.3 Å². The van der Waals surface area contributed by atoms with Crippen molar-refractivity contribution in [3.8, 4) is 5.75 Å². The van der Waals surface area contributed by atoms with E-state index in [9.17, 15) is 9.59 Å². The molecule has 128 valence electrons. The van der Waals surface area contributed by atoms with Gasteiger partial charge in [-0.1, -0.05) is 25.1 Å². The first-order valence-electron chi connectivity index (χ1n) is 8.04. The van der Waals surface area contributed by atoms with Crippen LogP contribution in [0.2, 0.25) is 0 Å². The second-order valence-corrected chi connectivity index (χ2v) is 5.57. The van der Waals surface area contributed by atoms with Crippen molar-refractivity contribution in [2.24, 2.45) is 0 Å². The van der Waals surface area contributed by atoms with Crippen LogP contribution in [0, 0.1) is 0 Å². The van der Waals surface area contributed by atoms with Gasteiger partial charge in [0.2, 0.25) is 5.91 Å². The number of amides is 1. The molecule has 2 aromatic carbocycles. The summed E-state index contributed by atoms with van der Waals surface area (Å²) in [4.78, 5) is 29.6. The van der Waals surface area contributed by atoms with Gasteiger partial charge >= 0.3 is 0 Å². The topological polar surface area (TPSA) is 73.2 Å². The molecular weight excluding hydrogens is 318 g/mol. The number of para-hydroxylation sites is 1. The number of aryl methyl sites for hydroxylation is 1. The molecular formula is C19H19N3O3.